The van der Waals surface area contributed by atoms with E-state index in [0.717, 1.165) is 5.56 Å². The molecular formula is C23H23ClN2O6. The first-order chi connectivity index (χ1) is 15.3. The molecular weight excluding hydrogens is 436 g/mol. The number of dihydropyridines is 1. The average molecular weight is 459 g/mol. The molecule has 3 rings (SSSR count). The fourth-order valence-electron chi connectivity index (χ4n) is 3.61. The molecule has 8 nitrogen and oxygen atoms in total. The van der Waals surface area contributed by atoms with Crippen molar-refractivity contribution in [1.29, 1.82) is 0 Å². The minimum atomic E-state index is -1.01. The number of carbonyl (C=O) groups is 1. The van der Waals surface area contributed by atoms with Gasteiger partial charge < -0.3 is 19.9 Å². The third kappa shape index (κ3) is 5.09. The standard InChI is InChI=1S/C23H23ClN2O6/c1-14-20(23(28)31-12-11-27)21(22(26(29)30)15(2)25-14)18-5-3-4-6-19(18)32-13-16-7-9-17(24)10-8-16/h3-10,21,25,27H,11-13H2,1-2H3. The lowest BCUT2D eigenvalue weighted by atomic mass is 9.83. The predicted molar refractivity (Wildman–Crippen MR) is 119 cm³/mol. The van der Waals surface area contributed by atoms with E-state index in [1.807, 2.05) is 12.1 Å². The molecule has 1 atom stereocenters. The number of halogens is 1. The average Bonchev–Trinajstić information content (AvgIpc) is 2.76. The Morgan fingerprint density at radius 2 is 1.84 bits per heavy atom. The summed E-state index contributed by atoms with van der Waals surface area (Å²) in [6.45, 7) is 2.88. The van der Waals surface area contributed by atoms with Crippen molar-refractivity contribution in [2.45, 2.75) is 26.4 Å². The van der Waals surface area contributed by atoms with Crippen LogP contribution in [0.4, 0.5) is 0 Å². The molecule has 2 aromatic rings. The number of aliphatic hydroxyl groups is 1. The Labute approximate surface area is 190 Å². The second-order valence-electron chi connectivity index (χ2n) is 7.18. The molecule has 0 saturated carbocycles. The molecule has 0 spiro atoms. The van der Waals surface area contributed by atoms with E-state index in [9.17, 15) is 14.9 Å². The van der Waals surface area contributed by atoms with E-state index in [4.69, 9.17) is 26.2 Å². The summed E-state index contributed by atoms with van der Waals surface area (Å²) in [6.07, 6.45) is 0. The SMILES string of the molecule is CC1=C(C(=O)OCCO)C(c2ccccc2OCc2ccc(Cl)cc2)C([N+](=O)[O-])=C(C)N1. The molecule has 0 fully saturated rings. The van der Waals surface area contributed by atoms with Crippen LogP contribution in [0.2, 0.25) is 5.02 Å². The number of rotatable bonds is 8. The van der Waals surface area contributed by atoms with Crippen molar-refractivity contribution in [1.82, 2.24) is 5.32 Å². The molecule has 9 heteroatoms. The molecule has 0 aromatic heterocycles. The van der Waals surface area contributed by atoms with Gasteiger partial charge in [0.05, 0.1) is 22.8 Å². The largest absolute Gasteiger partial charge is 0.489 e. The maximum absolute atomic E-state index is 12.8. The Balaban J connectivity index is 2.04. The number of nitrogens with zero attached hydrogens (tertiary/aromatic N) is 1. The van der Waals surface area contributed by atoms with E-state index in [2.05, 4.69) is 5.32 Å². The first-order valence-corrected chi connectivity index (χ1v) is 10.3. The van der Waals surface area contributed by atoms with Crippen LogP contribution in [0.15, 0.2) is 71.2 Å². The number of hydrogen-bond acceptors (Lipinski definition) is 7. The normalized spacial score (nSPS) is 15.9. The summed E-state index contributed by atoms with van der Waals surface area (Å²) in [5.74, 6) is -1.35. The zero-order valence-electron chi connectivity index (χ0n) is 17.6. The second kappa shape index (κ2) is 10.3. The van der Waals surface area contributed by atoms with Crippen molar-refractivity contribution >= 4 is 17.6 Å². The van der Waals surface area contributed by atoms with Crippen molar-refractivity contribution in [3.63, 3.8) is 0 Å². The zero-order valence-corrected chi connectivity index (χ0v) is 18.4. The fourth-order valence-corrected chi connectivity index (χ4v) is 3.73. The highest BCUT2D eigenvalue weighted by Crippen LogP contribution is 2.42. The van der Waals surface area contributed by atoms with E-state index in [1.165, 1.54) is 0 Å². The predicted octanol–water partition coefficient (Wildman–Crippen LogP) is 3.92. The Morgan fingerprint density at radius 1 is 1.16 bits per heavy atom. The summed E-state index contributed by atoms with van der Waals surface area (Å²) >= 11 is 5.93. The van der Waals surface area contributed by atoms with Gasteiger partial charge in [0.2, 0.25) is 0 Å². The highest BCUT2D eigenvalue weighted by atomic mass is 35.5. The lowest BCUT2D eigenvalue weighted by molar-refractivity contribution is -0.431. The van der Waals surface area contributed by atoms with E-state index in [-0.39, 0.29) is 31.1 Å². The third-order valence-corrected chi connectivity index (χ3v) is 5.26. The quantitative estimate of drug-likeness (QED) is 0.350. The van der Waals surface area contributed by atoms with Gasteiger partial charge in [-0.05, 0) is 37.6 Å². The van der Waals surface area contributed by atoms with Gasteiger partial charge in [-0.15, -0.1) is 0 Å². The van der Waals surface area contributed by atoms with Crippen molar-refractivity contribution < 1.29 is 24.3 Å². The topological polar surface area (TPSA) is 111 Å². The van der Waals surface area contributed by atoms with Crippen LogP contribution in [0.5, 0.6) is 5.75 Å². The van der Waals surface area contributed by atoms with Crippen molar-refractivity contribution in [3.8, 4) is 5.75 Å². The molecule has 0 saturated heterocycles. The summed E-state index contributed by atoms with van der Waals surface area (Å²) < 4.78 is 11.1. The van der Waals surface area contributed by atoms with Gasteiger partial charge in [0.25, 0.3) is 5.70 Å². The van der Waals surface area contributed by atoms with Crippen LogP contribution in [0.3, 0.4) is 0 Å². The smallest absolute Gasteiger partial charge is 0.337 e. The molecule has 2 aromatic carbocycles. The molecule has 0 aliphatic carbocycles. The van der Waals surface area contributed by atoms with Crippen LogP contribution in [0, 0.1) is 10.1 Å². The maximum Gasteiger partial charge on any atom is 0.337 e. The van der Waals surface area contributed by atoms with Gasteiger partial charge in [-0.3, -0.25) is 10.1 Å². The first kappa shape index (κ1) is 23.3. The number of ether oxygens (including phenoxy) is 2. The second-order valence-corrected chi connectivity index (χ2v) is 7.61. The monoisotopic (exact) mass is 458 g/mol. The molecule has 1 aliphatic heterocycles. The number of para-hydroxylation sites is 1. The molecule has 32 heavy (non-hydrogen) atoms. The molecule has 0 radical (unpaired) electrons. The number of nitro groups is 1. The van der Waals surface area contributed by atoms with Crippen LogP contribution in [-0.4, -0.2) is 29.2 Å². The molecule has 1 aliphatic rings. The van der Waals surface area contributed by atoms with Gasteiger partial charge in [0, 0.05) is 16.3 Å². The summed E-state index contributed by atoms with van der Waals surface area (Å²) in [5, 5.41) is 24.5. The van der Waals surface area contributed by atoms with Crippen LogP contribution in [-0.2, 0) is 16.1 Å². The highest BCUT2D eigenvalue weighted by Gasteiger charge is 2.42. The van der Waals surface area contributed by atoms with Crippen LogP contribution in [0.1, 0.15) is 30.9 Å². The van der Waals surface area contributed by atoms with Crippen LogP contribution >= 0.6 is 11.6 Å². The third-order valence-electron chi connectivity index (χ3n) is 5.00. The van der Waals surface area contributed by atoms with Crippen LogP contribution in [0.25, 0.3) is 0 Å². The van der Waals surface area contributed by atoms with Gasteiger partial charge in [-0.25, -0.2) is 4.79 Å². The fraction of sp³-hybridized carbons (Fsp3) is 0.261. The van der Waals surface area contributed by atoms with E-state index in [1.54, 1.807) is 50.2 Å². The summed E-state index contributed by atoms with van der Waals surface area (Å²) in [5.41, 5.74) is 2.01. The number of esters is 1. The first-order valence-electron chi connectivity index (χ1n) is 9.90. The molecule has 2 N–H and O–H groups in total. The minimum absolute atomic E-state index is 0.0956. The lowest BCUT2D eigenvalue weighted by Crippen LogP contribution is -2.32. The van der Waals surface area contributed by atoms with E-state index < -0.39 is 16.8 Å². The van der Waals surface area contributed by atoms with Crippen molar-refractivity contribution in [2.24, 2.45) is 0 Å². The van der Waals surface area contributed by atoms with Gasteiger partial charge >= 0.3 is 5.97 Å². The van der Waals surface area contributed by atoms with Gasteiger partial charge in [0.15, 0.2) is 0 Å². The highest BCUT2D eigenvalue weighted by molar-refractivity contribution is 6.30. The Kier molecular flexibility index (Phi) is 7.50. The molecule has 1 heterocycles. The summed E-state index contributed by atoms with van der Waals surface area (Å²) in [4.78, 5) is 24.3. The Hall–Kier alpha value is -3.36. The van der Waals surface area contributed by atoms with Gasteiger partial charge in [-0.1, -0.05) is 41.9 Å². The van der Waals surface area contributed by atoms with E-state index >= 15 is 0 Å². The van der Waals surface area contributed by atoms with Gasteiger partial charge in [0.1, 0.15) is 24.9 Å². The molecule has 0 bridgehead atoms. The molecule has 0 amide bonds. The number of aliphatic hydroxyl groups excluding tert-OH is 1. The number of carbonyl (C=O) groups excluding carboxylic acids is 1. The number of allylic oxidation sites excluding steroid dienone is 3. The number of benzene rings is 2. The van der Waals surface area contributed by atoms with Gasteiger partial charge in [-0.2, -0.15) is 0 Å². The summed E-state index contributed by atoms with van der Waals surface area (Å²) in [6, 6.07) is 14.0. The van der Waals surface area contributed by atoms with Crippen LogP contribution < -0.4 is 10.1 Å². The Bertz CT molecular complexity index is 1080. The number of hydrogen-bond donors (Lipinski definition) is 2. The minimum Gasteiger partial charge on any atom is -0.489 e. The lowest BCUT2D eigenvalue weighted by Gasteiger charge is -2.27. The van der Waals surface area contributed by atoms with Crippen molar-refractivity contribution in [3.05, 3.63) is 97.5 Å². The number of nitrogens with one attached hydrogen (secondary N) is 1. The van der Waals surface area contributed by atoms with E-state index in [0.29, 0.717) is 27.7 Å². The molecule has 168 valence electrons. The summed E-state index contributed by atoms with van der Waals surface area (Å²) in [7, 11) is 0. The molecule has 1 unspecified atom stereocenters. The Morgan fingerprint density at radius 3 is 2.50 bits per heavy atom. The van der Waals surface area contributed by atoms with Crippen molar-refractivity contribution in [2.75, 3.05) is 13.2 Å². The zero-order chi connectivity index (χ0) is 23.3. The maximum atomic E-state index is 12.8.